The molecule has 16 heavy (non-hydrogen) atoms. The summed E-state index contributed by atoms with van der Waals surface area (Å²) in [7, 11) is 1.71. The van der Waals surface area contributed by atoms with Crippen molar-refractivity contribution >= 4 is 11.9 Å². The Kier molecular flexibility index (Phi) is 5.25. The van der Waals surface area contributed by atoms with Gasteiger partial charge >= 0.3 is 5.97 Å². The van der Waals surface area contributed by atoms with Gasteiger partial charge in [-0.05, 0) is 25.8 Å². The smallest absolute Gasteiger partial charge is 0.306 e. The number of carbonyl (C=O) groups is 2. The van der Waals surface area contributed by atoms with Crippen LogP contribution in [-0.4, -0.2) is 37.1 Å². The summed E-state index contributed by atoms with van der Waals surface area (Å²) in [6, 6.07) is 0. The molecule has 1 saturated carbocycles. The lowest BCUT2D eigenvalue weighted by Gasteiger charge is -2.28. The zero-order valence-electron chi connectivity index (χ0n) is 9.66. The average molecular weight is 228 g/mol. The van der Waals surface area contributed by atoms with Gasteiger partial charge in [-0.1, -0.05) is 12.8 Å². The van der Waals surface area contributed by atoms with Crippen LogP contribution in [0.2, 0.25) is 0 Å². The van der Waals surface area contributed by atoms with Crippen molar-refractivity contribution in [1.82, 2.24) is 10.6 Å². The minimum absolute atomic E-state index is 0.0720. The third-order valence-corrected chi connectivity index (χ3v) is 3.13. The van der Waals surface area contributed by atoms with Gasteiger partial charge in [-0.2, -0.15) is 0 Å². The Morgan fingerprint density at radius 1 is 1.31 bits per heavy atom. The Morgan fingerprint density at radius 2 is 2.00 bits per heavy atom. The van der Waals surface area contributed by atoms with Crippen molar-refractivity contribution in [2.24, 2.45) is 11.8 Å². The minimum Gasteiger partial charge on any atom is -0.481 e. The molecule has 0 bridgehead atoms. The van der Waals surface area contributed by atoms with E-state index in [-0.39, 0.29) is 24.3 Å². The number of nitrogens with one attached hydrogen (secondary N) is 2. The molecule has 1 fully saturated rings. The average Bonchev–Trinajstić information content (AvgIpc) is 2.27. The van der Waals surface area contributed by atoms with Gasteiger partial charge in [-0.3, -0.25) is 9.59 Å². The van der Waals surface area contributed by atoms with Gasteiger partial charge in [0.15, 0.2) is 0 Å². The first-order valence-electron chi connectivity index (χ1n) is 5.79. The first-order valence-corrected chi connectivity index (χ1v) is 5.79. The third kappa shape index (κ3) is 3.81. The van der Waals surface area contributed by atoms with Gasteiger partial charge in [0.05, 0.1) is 12.5 Å². The number of aliphatic carboxylic acids is 1. The highest BCUT2D eigenvalue weighted by Gasteiger charge is 2.30. The largest absolute Gasteiger partial charge is 0.481 e. The molecule has 1 rings (SSSR count). The van der Waals surface area contributed by atoms with Crippen molar-refractivity contribution in [3.8, 4) is 0 Å². The lowest BCUT2D eigenvalue weighted by atomic mass is 9.79. The van der Waals surface area contributed by atoms with Gasteiger partial charge in [0, 0.05) is 6.54 Å². The van der Waals surface area contributed by atoms with E-state index >= 15 is 0 Å². The van der Waals surface area contributed by atoms with Crippen LogP contribution >= 0.6 is 0 Å². The van der Waals surface area contributed by atoms with E-state index < -0.39 is 5.97 Å². The van der Waals surface area contributed by atoms with Crippen molar-refractivity contribution in [3.05, 3.63) is 0 Å². The molecule has 2 atom stereocenters. The topological polar surface area (TPSA) is 78.4 Å². The lowest BCUT2D eigenvalue weighted by Crippen LogP contribution is -2.40. The highest BCUT2D eigenvalue weighted by atomic mass is 16.4. The first-order chi connectivity index (χ1) is 7.65. The van der Waals surface area contributed by atoms with Crippen LogP contribution in [0.1, 0.15) is 25.7 Å². The second-order valence-corrected chi connectivity index (χ2v) is 4.32. The molecule has 0 radical (unpaired) electrons. The quantitative estimate of drug-likeness (QED) is 0.628. The summed E-state index contributed by atoms with van der Waals surface area (Å²) in [5.74, 6) is -1.000. The predicted molar refractivity (Wildman–Crippen MR) is 60.0 cm³/mol. The lowest BCUT2D eigenvalue weighted by molar-refractivity contribution is -0.145. The predicted octanol–water partition coefficient (Wildman–Crippen LogP) is 0.213. The van der Waals surface area contributed by atoms with Crippen LogP contribution in [0, 0.1) is 11.8 Å². The van der Waals surface area contributed by atoms with Crippen LogP contribution in [0.5, 0.6) is 0 Å². The molecule has 92 valence electrons. The van der Waals surface area contributed by atoms with E-state index in [4.69, 9.17) is 5.11 Å². The number of likely N-dealkylation sites (N-methyl/N-ethyl adjacent to an activating group) is 1. The van der Waals surface area contributed by atoms with E-state index in [9.17, 15) is 9.59 Å². The minimum atomic E-state index is -0.729. The number of hydrogen-bond donors (Lipinski definition) is 3. The number of carboxylic acids is 1. The van der Waals surface area contributed by atoms with Crippen LogP contribution < -0.4 is 10.6 Å². The molecule has 5 heteroatoms. The van der Waals surface area contributed by atoms with Crippen LogP contribution in [0.25, 0.3) is 0 Å². The normalized spacial score (nSPS) is 25.1. The van der Waals surface area contributed by atoms with Crippen molar-refractivity contribution in [3.63, 3.8) is 0 Å². The molecule has 3 N–H and O–H groups in total. The molecule has 0 spiro atoms. The molecular weight excluding hydrogens is 208 g/mol. The highest BCUT2D eigenvalue weighted by molar-refractivity contribution is 5.78. The molecule has 0 saturated heterocycles. The van der Waals surface area contributed by atoms with Crippen LogP contribution in [0.3, 0.4) is 0 Å². The Labute approximate surface area is 95.6 Å². The number of amides is 1. The molecule has 0 heterocycles. The fraction of sp³-hybridized carbons (Fsp3) is 0.818. The van der Waals surface area contributed by atoms with E-state index in [2.05, 4.69) is 10.6 Å². The van der Waals surface area contributed by atoms with Crippen LogP contribution in [0.4, 0.5) is 0 Å². The summed E-state index contributed by atoms with van der Waals surface area (Å²) in [4.78, 5) is 22.3. The third-order valence-electron chi connectivity index (χ3n) is 3.13. The zero-order valence-corrected chi connectivity index (χ0v) is 9.66. The molecule has 0 aromatic rings. The summed E-state index contributed by atoms with van der Waals surface area (Å²) in [5, 5.41) is 14.6. The molecule has 2 unspecified atom stereocenters. The molecule has 0 aliphatic heterocycles. The molecule has 0 aromatic carbocycles. The van der Waals surface area contributed by atoms with Crippen LogP contribution in [-0.2, 0) is 9.59 Å². The second kappa shape index (κ2) is 6.48. The molecule has 0 aromatic heterocycles. The van der Waals surface area contributed by atoms with Crippen molar-refractivity contribution in [1.29, 1.82) is 0 Å². The Hall–Kier alpha value is -1.10. The molecule has 1 aliphatic carbocycles. The fourth-order valence-electron chi connectivity index (χ4n) is 2.25. The number of hydrogen-bond acceptors (Lipinski definition) is 3. The molecule has 1 aliphatic rings. The summed E-state index contributed by atoms with van der Waals surface area (Å²) in [6.07, 6.45) is 3.69. The second-order valence-electron chi connectivity index (χ2n) is 4.32. The maximum atomic E-state index is 11.2. The van der Waals surface area contributed by atoms with E-state index in [1.807, 2.05) is 0 Å². The SMILES string of the molecule is CNCC(=O)NCC1CCCCC1C(=O)O. The summed E-state index contributed by atoms with van der Waals surface area (Å²) >= 11 is 0. The Bertz CT molecular complexity index is 256. The Balaban J connectivity index is 2.38. The monoisotopic (exact) mass is 228 g/mol. The van der Waals surface area contributed by atoms with E-state index in [1.165, 1.54) is 0 Å². The van der Waals surface area contributed by atoms with E-state index in [1.54, 1.807) is 7.05 Å². The van der Waals surface area contributed by atoms with Crippen molar-refractivity contribution < 1.29 is 14.7 Å². The maximum absolute atomic E-state index is 11.2. The number of carbonyl (C=O) groups excluding carboxylic acids is 1. The summed E-state index contributed by atoms with van der Waals surface area (Å²) in [6.45, 7) is 0.766. The Morgan fingerprint density at radius 3 is 2.62 bits per heavy atom. The molecule has 1 amide bonds. The van der Waals surface area contributed by atoms with Crippen LogP contribution in [0.15, 0.2) is 0 Å². The first kappa shape index (κ1) is 13.0. The van der Waals surface area contributed by atoms with Gasteiger partial charge in [-0.25, -0.2) is 0 Å². The fourth-order valence-corrected chi connectivity index (χ4v) is 2.25. The van der Waals surface area contributed by atoms with Gasteiger partial charge in [0.1, 0.15) is 0 Å². The molecule has 5 nitrogen and oxygen atoms in total. The van der Waals surface area contributed by atoms with Gasteiger partial charge in [-0.15, -0.1) is 0 Å². The standard InChI is InChI=1S/C11H20N2O3/c1-12-7-10(14)13-6-8-4-2-3-5-9(8)11(15)16/h8-9,12H,2-7H2,1H3,(H,13,14)(H,15,16). The van der Waals surface area contributed by atoms with Gasteiger partial charge in [0.2, 0.25) is 5.91 Å². The summed E-state index contributed by atoms with van der Waals surface area (Å²) in [5.41, 5.74) is 0. The van der Waals surface area contributed by atoms with E-state index in [0.717, 1.165) is 25.7 Å². The van der Waals surface area contributed by atoms with Gasteiger partial charge in [0.25, 0.3) is 0 Å². The van der Waals surface area contributed by atoms with Crippen molar-refractivity contribution in [2.45, 2.75) is 25.7 Å². The van der Waals surface area contributed by atoms with Gasteiger partial charge < -0.3 is 15.7 Å². The summed E-state index contributed by atoms with van der Waals surface area (Å²) < 4.78 is 0. The highest BCUT2D eigenvalue weighted by Crippen LogP contribution is 2.29. The maximum Gasteiger partial charge on any atom is 0.306 e. The molecular formula is C11H20N2O3. The number of carboxylic acid groups (broad SMARTS) is 1. The van der Waals surface area contributed by atoms with Crippen molar-refractivity contribution in [2.75, 3.05) is 20.1 Å². The van der Waals surface area contributed by atoms with E-state index in [0.29, 0.717) is 6.54 Å². The number of rotatable bonds is 5. The zero-order chi connectivity index (χ0) is 12.0.